The molecule has 0 aliphatic carbocycles. The van der Waals surface area contributed by atoms with Gasteiger partial charge in [0.05, 0.1) is 10.7 Å². The Balaban J connectivity index is 1.83. The minimum absolute atomic E-state index is 0.184. The molecule has 0 bridgehead atoms. The lowest BCUT2D eigenvalue weighted by atomic mass is 10.2. The molecule has 128 valence electrons. The van der Waals surface area contributed by atoms with Gasteiger partial charge in [-0.25, -0.2) is 4.98 Å². The van der Waals surface area contributed by atoms with Crippen molar-refractivity contribution in [2.45, 2.75) is 13.8 Å². The molecule has 2 aromatic carbocycles. The summed E-state index contributed by atoms with van der Waals surface area (Å²) in [5, 5.41) is 7.06. The molecule has 0 atom stereocenters. The Morgan fingerprint density at radius 3 is 2.56 bits per heavy atom. The maximum Gasteiger partial charge on any atom is 0.269 e. The predicted molar refractivity (Wildman–Crippen MR) is 105 cm³/mol. The number of halogens is 1. The highest BCUT2D eigenvalue weighted by atomic mass is 35.5. The van der Waals surface area contributed by atoms with Gasteiger partial charge >= 0.3 is 0 Å². The fourth-order valence-electron chi connectivity index (χ4n) is 2.34. The number of nitrogens with zero attached hydrogens (tertiary/aromatic N) is 1. The normalized spacial score (nSPS) is 10.5. The Bertz CT molecular complexity index is 918. The Morgan fingerprint density at radius 2 is 1.84 bits per heavy atom. The van der Waals surface area contributed by atoms with E-state index in [-0.39, 0.29) is 11.7 Å². The number of benzene rings is 2. The van der Waals surface area contributed by atoms with E-state index in [1.165, 1.54) is 11.3 Å². The zero-order valence-corrected chi connectivity index (χ0v) is 15.3. The second-order valence-electron chi connectivity index (χ2n) is 5.56. The first-order valence-electron chi connectivity index (χ1n) is 7.61. The highest BCUT2D eigenvalue weighted by Crippen LogP contribution is 2.31. The number of nitrogens with one attached hydrogen (secondary N) is 2. The van der Waals surface area contributed by atoms with Crippen LogP contribution >= 0.6 is 22.9 Å². The number of hydrogen-bond donors (Lipinski definition) is 3. The van der Waals surface area contributed by atoms with E-state index in [1.54, 1.807) is 6.07 Å². The summed E-state index contributed by atoms with van der Waals surface area (Å²) in [6.45, 7) is 3.87. The number of carbonyl (C=O) groups is 1. The van der Waals surface area contributed by atoms with E-state index < -0.39 is 0 Å². The van der Waals surface area contributed by atoms with E-state index in [0.29, 0.717) is 20.7 Å². The lowest BCUT2D eigenvalue weighted by Gasteiger charge is -2.09. The Morgan fingerprint density at radius 1 is 1.12 bits per heavy atom. The molecule has 4 N–H and O–H groups in total. The molecule has 0 fully saturated rings. The molecule has 1 aromatic heterocycles. The number of para-hydroxylation sites is 2. The molecule has 0 radical (unpaired) electrons. The van der Waals surface area contributed by atoms with Gasteiger partial charge in [-0.15, -0.1) is 0 Å². The SMILES string of the molecule is Cc1ccccc1Nc1nc(N)c(C(=O)Nc2c(C)cccc2Cl)s1. The molecule has 0 saturated heterocycles. The van der Waals surface area contributed by atoms with Crippen molar-refractivity contribution in [3.63, 3.8) is 0 Å². The summed E-state index contributed by atoms with van der Waals surface area (Å²) in [7, 11) is 0. The molecule has 3 aromatic rings. The molecular formula is C18H17ClN4OS. The van der Waals surface area contributed by atoms with Crippen molar-refractivity contribution in [3.8, 4) is 0 Å². The number of rotatable bonds is 4. The second-order valence-corrected chi connectivity index (χ2v) is 6.97. The highest BCUT2D eigenvalue weighted by molar-refractivity contribution is 7.18. The van der Waals surface area contributed by atoms with Crippen LogP contribution in [0, 0.1) is 13.8 Å². The fourth-order valence-corrected chi connectivity index (χ4v) is 3.40. The topological polar surface area (TPSA) is 80.0 Å². The van der Waals surface area contributed by atoms with E-state index in [4.69, 9.17) is 17.3 Å². The lowest BCUT2D eigenvalue weighted by Crippen LogP contribution is -2.13. The molecule has 7 heteroatoms. The maximum atomic E-state index is 12.6. The average molecular weight is 373 g/mol. The first-order chi connectivity index (χ1) is 12.0. The van der Waals surface area contributed by atoms with E-state index in [9.17, 15) is 4.79 Å². The van der Waals surface area contributed by atoms with E-state index in [0.717, 1.165) is 16.8 Å². The van der Waals surface area contributed by atoms with Gasteiger partial charge in [0.2, 0.25) is 0 Å². The largest absolute Gasteiger partial charge is 0.382 e. The first-order valence-corrected chi connectivity index (χ1v) is 8.80. The molecule has 0 aliphatic rings. The number of aryl methyl sites for hydroxylation is 2. The van der Waals surface area contributed by atoms with Crippen LogP contribution in [-0.4, -0.2) is 10.9 Å². The number of thiazole rings is 1. The van der Waals surface area contributed by atoms with Crippen molar-refractivity contribution in [2.75, 3.05) is 16.4 Å². The number of nitrogen functional groups attached to an aromatic ring is 1. The molecule has 0 spiro atoms. The Kier molecular flexibility index (Phi) is 4.92. The summed E-state index contributed by atoms with van der Waals surface area (Å²) < 4.78 is 0. The number of amides is 1. The van der Waals surface area contributed by atoms with E-state index >= 15 is 0 Å². The van der Waals surface area contributed by atoms with Gasteiger partial charge in [0.15, 0.2) is 5.13 Å². The van der Waals surface area contributed by atoms with Crippen LogP contribution in [0.15, 0.2) is 42.5 Å². The van der Waals surface area contributed by atoms with Crippen molar-refractivity contribution < 1.29 is 4.79 Å². The molecule has 0 aliphatic heterocycles. The Hall–Kier alpha value is -2.57. The van der Waals surface area contributed by atoms with Crippen LogP contribution in [0.5, 0.6) is 0 Å². The van der Waals surface area contributed by atoms with Crippen LogP contribution in [0.25, 0.3) is 0 Å². The third-order valence-electron chi connectivity index (χ3n) is 3.71. The summed E-state index contributed by atoms with van der Waals surface area (Å²) >= 11 is 7.36. The number of anilines is 4. The van der Waals surface area contributed by atoms with Crippen LogP contribution in [-0.2, 0) is 0 Å². The monoisotopic (exact) mass is 372 g/mol. The fraction of sp³-hybridized carbons (Fsp3) is 0.111. The second kappa shape index (κ2) is 7.13. The van der Waals surface area contributed by atoms with Crippen LogP contribution in [0.4, 0.5) is 22.3 Å². The van der Waals surface area contributed by atoms with Crippen LogP contribution in [0.3, 0.4) is 0 Å². The van der Waals surface area contributed by atoms with Gasteiger partial charge in [0.25, 0.3) is 5.91 Å². The summed E-state index contributed by atoms with van der Waals surface area (Å²) in [6.07, 6.45) is 0. The van der Waals surface area contributed by atoms with Gasteiger partial charge < -0.3 is 16.4 Å². The average Bonchev–Trinajstić information content (AvgIpc) is 2.94. The van der Waals surface area contributed by atoms with Crippen molar-refractivity contribution in [2.24, 2.45) is 0 Å². The van der Waals surface area contributed by atoms with Crippen LogP contribution in [0.2, 0.25) is 5.02 Å². The van der Waals surface area contributed by atoms with Gasteiger partial charge in [0, 0.05) is 5.69 Å². The summed E-state index contributed by atoms with van der Waals surface area (Å²) in [5.74, 6) is -0.146. The number of nitrogens with two attached hydrogens (primary N) is 1. The van der Waals surface area contributed by atoms with Crippen LogP contribution < -0.4 is 16.4 Å². The highest BCUT2D eigenvalue weighted by Gasteiger charge is 2.18. The zero-order valence-electron chi connectivity index (χ0n) is 13.8. The van der Waals surface area contributed by atoms with Crippen LogP contribution in [0.1, 0.15) is 20.8 Å². The predicted octanol–water partition coefficient (Wildman–Crippen LogP) is 4.99. The number of carbonyl (C=O) groups excluding carboxylic acids is 1. The lowest BCUT2D eigenvalue weighted by molar-refractivity contribution is 0.103. The molecule has 0 unspecified atom stereocenters. The van der Waals surface area contributed by atoms with E-state index in [1.807, 2.05) is 50.2 Å². The molecule has 0 saturated carbocycles. The third-order valence-corrected chi connectivity index (χ3v) is 5.01. The van der Waals surface area contributed by atoms with Gasteiger partial charge in [-0.2, -0.15) is 0 Å². The number of aromatic nitrogens is 1. The third kappa shape index (κ3) is 3.75. The van der Waals surface area contributed by atoms with Crippen molar-refractivity contribution >= 4 is 51.2 Å². The van der Waals surface area contributed by atoms with Crippen molar-refractivity contribution in [1.82, 2.24) is 4.98 Å². The van der Waals surface area contributed by atoms with Crippen molar-refractivity contribution in [1.29, 1.82) is 0 Å². The van der Waals surface area contributed by atoms with Crippen molar-refractivity contribution in [3.05, 3.63) is 63.5 Å². The number of hydrogen-bond acceptors (Lipinski definition) is 5. The summed E-state index contributed by atoms with van der Waals surface area (Å²) in [4.78, 5) is 17.2. The zero-order chi connectivity index (χ0) is 18.0. The Labute approximate surface area is 154 Å². The standard InChI is InChI=1S/C18H17ClN4OS/c1-10-6-3-4-9-13(10)21-18-23-16(20)15(25-18)17(24)22-14-11(2)7-5-8-12(14)19/h3-9H,20H2,1-2H3,(H,21,23)(H,22,24). The smallest absolute Gasteiger partial charge is 0.269 e. The molecule has 5 nitrogen and oxygen atoms in total. The first kappa shape index (κ1) is 17.3. The minimum atomic E-state index is -0.330. The van der Waals surface area contributed by atoms with Gasteiger partial charge in [-0.3, -0.25) is 4.79 Å². The molecule has 3 rings (SSSR count). The molecule has 25 heavy (non-hydrogen) atoms. The van der Waals surface area contributed by atoms with Gasteiger partial charge in [-0.05, 0) is 37.1 Å². The maximum absolute atomic E-state index is 12.6. The molecule has 1 heterocycles. The molecular weight excluding hydrogens is 356 g/mol. The molecule has 1 amide bonds. The summed E-state index contributed by atoms with van der Waals surface area (Å²) in [5.41, 5.74) is 9.38. The summed E-state index contributed by atoms with van der Waals surface area (Å²) in [6, 6.07) is 13.3. The van der Waals surface area contributed by atoms with Gasteiger partial charge in [0.1, 0.15) is 10.7 Å². The van der Waals surface area contributed by atoms with Gasteiger partial charge in [-0.1, -0.05) is 53.3 Å². The van der Waals surface area contributed by atoms with E-state index in [2.05, 4.69) is 15.6 Å². The quantitative estimate of drug-likeness (QED) is 0.602. The minimum Gasteiger partial charge on any atom is -0.382 e.